The Labute approximate surface area is 204 Å². The van der Waals surface area contributed by atoms with Crippen molar-refractivity contribution in [2.75, 3.05) is 0 Å². The molecule has 0 bridgehead atoms. The van der Waals surface area contributed by atoms with Crippen molar-refractivity contribution in [1.29, 1.82) is 0 Å². The third-order valence-electron chi connectivity index (χ3n) is 5.72. The molecule has 170 valence electrons. The summed E-state index contributed by atoms with van der Waals surface area (Å²) in [6.07, 6.45) is 20.2. The van der Waals surface area contributed by atoms with Crippen molar-refractivity contribution in [3.8, 4) is 0 Å². The smallest absolute Gasteiger partial charge is 0.748 e. The molecule has 0 fully saturated rings. The van der Waals surface area contributed by atoms with Crippen LogP contribution < -0.4 is 29.6 Å². The van der Waals surface area contributed by atoms with Crippen LogP contribution in [0, 0.1) is 0 Å². The van der Waals surface area contributed by atoms with Gasteiger partial charge in [0.25, 0.3) is 0 Å². The molecule has 0 aromatic heterocycles. The summed E-state index contributed by atoms with van der Waals surface area (Å²) < 4.78 is 33.5. The first-order chi connectivity index (χ1) is 13.4. The first-order valence-electron chi connectivity index (χ1n) is 12.0. The Kier molecular flexibility index (Phi) is 24.4. The number of aliphatic hydroxyl groups is 1. The maximum Gasteiger partial charge on any atom is 1.00 e. The number of hydrogen-bond acceptors (Lipinski definition) is 4. The molecule has 0 saturated carbocycles. The van der Waals surface area contributed by atoms with Crippen LogP contribution in [-0.4, -0.2) is 29.4 Å². The van der Waals surface area contributed by atoms with Gasteiger partial charge in [0.1, 0.15) is 0 Å². The van der Waals surface area contributed by atoms with E-state index in [1.165, 1.54) is 64.2 Å². The molecule has 29 heavy (non-hydrogen) atoms. The predicted octanol–water partition coefficient (Wildman–Crippen LogP) is 3.72. The Bertz CT molecular complexity index is 429. The van der Waals surface area contributed by atoms with Crippen molar-refractivity contribution < 1.29 is 47.6 Å². The van der Waals surface area contributed by atoms with Crippen molar-refractivity contribution >= 4 is 10.1 Å². The van der Waals surface area contributed by atoms with Gasteiger partial charge in [-0.2, -0.15) is 0 Å². The Morgan fingerprint density at radius 3 is 1.38 bits per heavy atom. The van der Waals surface area contributed by atoms with Gasteiger partial charge < -0.3 is 9.66 Å². The third kappa shape index (κ3) is 21.9. The van der Waals surface area contributed by atoms with Gasteiger partial charge in [-0.25, -0.2) is 8.42 Å². The van der Waals surface area contributed by atoms with Crippen LogP contribution in [0.4, 0.5) is 0 Å². The van der Waals surface area contributed by atoms with Crippen molar-refractivity contribution in [3.63, 3.8) is 0 Å². The Hall–Kier alpha value is 0.870. The molecule has 0 aromatic carbocycles. The van der Waals surface area contributed by atoms with E-state index in [-0.39, 0.29) is 35.7 Å². The summed E-state index contributed by atoms with van der Waals surface area (Å²) in [6.45, 7) is 4.15. The normalized spacial score (nSPS) is 13.8. The summed E-state index contributed by atoms with van der Waals surface area (Å²) in [5, 5.41) is 9.32. The molecule has 0 aliphatic rings. The first kappa shape index (κ1) is 32.1. The molecule has 0 aliphatic carbocycles. The summed E-state index contributed by atoms with van der Waals surface area (Å²) in [7, 11) is -4.12. The van der Waals surface area contributed by atoms with Gasteiger partial charge in [-0.3, -0.25) is 0 Å². The predicted molar refractivity (Wildman–Crippen MR) is 119 cm³/mol. The van der Waals surface area contributed by atoms with Crippen LogP contribution in [0.5, 0.6) is 0 Å². The molecule has 0 radical (unpaired) electrons. The maximum absolute atomic E-state index is 11.2. The van der Waals surface area contributed by atoms with Gasteiger partial charge in [0.05, 0.1) is 16.2 Å². The van der Waals surface area contributed by atoms with E-state index in [1.807, 2.05) is 6.92 Å². The number of aliphatic hydroxyl groups excluding tert-OH is 1. The van der Waals surface area contributed by atoms with Gasteiger partial charge in [-0.05, 0) is 25.7 Å². The second-order valence-electron chi connectivity index (χ2n) is 8.52. The number of unbranched alkanes of at least 4 members (excludes halogenated alkanes) is 12. The van der Waals surface area contributed by atoms with E-state index in [4.69, 9.17) is 0 Å². The molecule has 6 heteroatoms. The van der Waals surface area contributed by atoms with E-state index in [0.717, 1.165) is 44.9 Å². The van der Waals surface area contributed by atoms with E-state index < -0.39 is 15.4 Å². The fourth-order valence-electron chi connectivity index (χ4n) is 3.87. The molecular formula is C23H47NaO4S. The van der Waals surface area contributed by atoms with Crippen LogP contribution in [-0.2, 0) is 10.1 Å². The molecule has 0 amide bonds. The van der Waals surface area contributed by atoms with Crippen LogP contribution in [0.25, 0.3) is 0 Å². The molecule has 0 heterocycles. The minimum Gasteiger partial charge on any atom is -0.748 e. The molecule has 0 spiro atoms. The maximum atomic E-state index is 11.2. The molecule has 0 aromatic rings. The van der Waals surface area contributed by atoms with Crippen LogP contribution in [0.1, 0.15) is 136 Å². The molecule has 2 unspecified atom stereocenters. The standard InChI is InChI=1S/C23H48O4S.Na/c1-3-5-6-12-15-19-22(24)20-16-13-10-8-7-9-11-14-17-21-23(18-4-2)28(25,26)27;/h22-24H,3-21H2,1-2H3,(H,25,26,27);/q;+1/p-1. The summed E-state index contributed by atoms with van der Waals surface area (Å²) in [6, 6.07) is 0. The zero-order valence-electron chi connectivity index (χ0n) is 19.7. The van der Waals surface area contributed by atoms with E-state index in [9.17, 15) is 18.1 Å². The summed E-state index contributed by atoms with van der Waals surface area (Å²) >= 11 is 0. The molecule has 0 rings (SSSR count). The average molecular weight is 443 g/mol. The van der Waals surface area contributed by atoms with Gasteiger partial charge in [0.2, 0.25) is 0 Å². The summed E-state index contributed by atoms with van der Waals surface area (Å²) in [4.78, 5) is 0. The fraction of sp³-hybridized carbons (Fsp3) is 1.00. The second-order valence-corrected chi connectivity index (χ2v) is 10.2. The topological polar surface area (TPSA) is 77.4 Å². The summed E-state index contributed by atoms with van der Waals surface area (Å²) in [5.41, 5.74) is 0. The van der Waals surface area contributed by atoms with E-state index in [2.05, 4.69) is 6.92 Å². The Morgan fingerprint density at radius 1 is 0.621 bits per heavy atom. The SMILES string of the molecule is CCCCCCCC(O)CCCCCCCCCCCC(CCC)S(=O)(=O)[O-].[Na+]. The largest absolute Gasteiger partial charge is 1.00 e. The van der Waals surface area contributed by atoms with E-state index >= 15 is 0 Å². The molecule has 0 aliphatic heterocycles. The average Bonchev–Trinajstić information content (AvgIpc) is 2.64. The molecule has 1 N–H and O–H groups in total. The second kappa shape index (κ2) is 22.1. The number of rotatable bonds is 21. The molecule has 0 saturated heterocycles. The van der Waals surface area contributed by atoms with Crippen molar-refractivity contribution in [2.24, 2.45) is 0 Å². The minimum absolute atomic E-state index is 0. The van der Waals surface area contributed by atoms with Crippen molar-refractivity contribution in [2.45, 2.75) is 147 Å². The van der Waals surface area contributed by atoms with Crippen LogP contribution in [0.3, 0.4) is 0 Å². The number of hydrogen-bond donors (Lipinski definition) is 1. The minimum atomic E-state index is -4.12. The first-order valence-corrected chi connectivity index (χ1v) is 13.5. The van der Waals surface area contributed by atoms with Gasteiger partial charge >= 0.3 is 29.6 Å². The molecular weight excluding hydrogens is 395 g/mol. The van der Waals surface area contributed by atoms with Gasteiger partial charge in [0, 0.05) is 5.25 Å². The Balaban J connectivity index is 0. The van der Waals surface area contributed by atoms with Crippen LogP contribution in [0.15, 0.2) is 0 Å². The van der Waals surface area contributed by atoms with E-state index in [1.54, 1.807) is 0 Å². The van der Waals surface area contributed by atoms with Gasteiger partial charge in [-0.15, -0.1) is 0 Å². The molecule has 2 atom stereocenters. The zero-order chi connectivity index (χ0) is 21.1. The van der Waals surface area contributed by atoms with Gasteiger partial charge in [-0.1, -0.05) is 110 Å². The zero-order valence-corrected chi connectivity index (χ0v) is 22.5. The third-order valence-corrected chi connectivity index (χ3v) is 7.01. The van der Waals surface area contributed by atoms with Crippen molar-refractivity contribution in [1.82, 2.24) is 0 Å². The quantitative estimate of drug-likeness (QED) is 0.167. The monoisotopic (exact) mass is 442 g/mol. The summed E-state index contributed by atoms with van der Waals surface area (Å²) in [5.74, 6) is 0. The van der Waals surface area contributed by atoms with Crippen LogP contribution in [0.2, 0.25) is 0 Å². The van der Waals surface area contributed by atoms with E-state index in [0.29, 0.717) is 12.8 Å². The van der Waals surface area contributed by atoms with Gasteiger partial charge in [0.15, 0.2) is 0 Å². The molecule has 4 nitrogen and oxygen atoms in total. The fourth-order valence-corrected chi connectivity index (χ4v) is 4.85. The Morgan fingerprint density at radius 2 is 1.00 bits per heavy atom. The van der Waals surface area contributed by atoms with Crippen molar-refractivity contribution in [3.05, 3.63) is 0 Å². The van der Waals surface area contributed by atoms with Crippen LogP contribution >= 0.6 is 0 Å².